The minimum Gasteiger partial charge on any atom is -0.484 e. The molecule has 0 saturated carbocycles. The van der Waals surface area contributed by atoms with Gasteiger partial charge in [-0.15, -0.1) is 0 Å². The monoisotopic (exact) mass is 328 g/mol. The molecule has 0 heterocycles. The second kappa shape index (κ2) is 7.50. The van der Waals surface area contributed by atoms with Crippen molar-refractivity contribution in [2.45, 2.75) is 32.2 Å². The topological polar surface area (TPSA) is 64.3 Å². The molecule has 0 spiro atoms. The molecule has 1 rings (SSSR count). The van der Waals surface area contributed by atoms with Crippen LogP contribution in [0.1, 0.15) is 26.7 Å². The number of carbonyl (C=O) groups excluding carboxylic acids is 1. The lowest BCUT2D eigenvalue weighted by molar-refractivity contribution is -0.125. The van der Waals surface area contributed by atoms with Gasteiger partial charge in [0.15, 0.2) is 6.61 Å². The summed E-state index contributed by atoms with van der Waals surface area (Å²) in [6.07, 6.45) is 1.62. The fourth-order valence-electron chi connectivity index (χ4n) is 1.80. The van der Waals surface area contributed by atoms with Gasteiger partial charge < -0.3 is 15.8 Å². The van der Waals surface area contributed by atoms with Gasteiger partial charge in [0, 0.05) is 11.0 Å². The molecule has 0 atom stereocenters. The van der Waals surface area contributed by atoms with Crippen LogP contribution >= 0.6 is 15.9 Å². The average molecular weight is 329 g/mol. The van der Waals surface area contributed by atoms with E-state index in [1.165, 1.54) is 0 Å². The molecule has 3 N–H and O–H groups in total. The SMILES string of the molecule is CCC(CC)(CN)NC(=O)COc1cccc(Br)c1. The summed E-state index contributed by atoms with van der Waals surface area (Å²) >= 11 is 3.35. The van der Waals surface area contributed by atoms with E-state index in [4.69, 9.17) is 10.5 Å². The highest BCUT2D eigenvalue weighted by atomic mass is 79.9. The van der Waals surface area contributed by atoms with Gasteiger partial charge in [-0.2, -0.15) is 0 Å². The summed E-state index contributed by atoms with van der Waals surface area (Å²) in [5, 5.41) is 2.96. The summed E-state index contributed by atoms with van der Waals surface area (Å²) < 4.78 is 6.37. The minimum absolute atomic E-state index is 0.00178. The number of amides is 1. The Morgan fingerprint density at radius 2 is 2.11 bits per heavy atom. The Bertz CT molecular complexity index is 411. The molecule has 1 amide bonds. The third-order valence-electron chi connectivity index (χ3n) is 3.31. The Labute approximate surface area is 122 Å². The van der Waals surface area contributed by atoms with Crippen LogP contribution in [0.25, 0.3) is 0 Å². The van der Waals surface area contributed by atoms with E-state index >= 15 is 0 Å². The molecule has 4 nitrogen and oxygen atoms in total. The molecule has 19 heavy (non-hydrogen) atoms. The van der Waals surface area contributed by atoms with E-state index in [9.17, 15) is 4.79 Å². The molecule has 0 aromatic heterocycles. The van der Waals surface area contributed by atoms with Crippen LogP contribution in [-0.2, 0) is 4.79 Å². The second-order valence-corrected chi connectivity index (χ2v) is 5.40. The molecule has 1 aromatic rings. The molecule has 0 aliphatic carbocycles. The quantitative estimate of drug-likeness (QED) is 0.808. The van der Waals surface area contributed by atoms with Gasteiger partial charge in [-0.3, -0.25) is 4.79 Å². The molecule has 106 valence electrons. The van der Waals surface area contributed by atoms with Crippen LogP contribution in [0.5, 0.6) is 5.75 Å². The van der Waals surface area contributed by atoms with Gasteiger partial charge >= 0.3 is 0 Å². The van der Waals surface area contributed by atoms with Crippen LogP contribution in [0.15, 0.2) is 28.7 Å². The number of rotatable bonds is 7. The van der Waals surface area contributed by atoms with Crippen LogP contribution in [0.3, 0.4) is 0 Å². The van der Waals surface area contributed by atoms with Gasteiger partial charge in [0.05, 0.1) is 5.54 Å². The third kappa shape index (κ3) is 4.84. The summed E-state index contributed by atoms with van der Waals surface area (Å²) in [4.78, 5) is 11.9. The fraction of sp³-hybridized carbons (Fsp3) is 0.500. The largest absolute Gasteiger partial charge is 0.484 e. The number of ether oxygens (including phenoxy) is 1. The van der Waals surface area contributed by atoms with Crippen LogP contribution < -0.4 is 15.8 Å². The predicted octanol–water partition coefficient (Wildman–Crippen LogP) is 2.46. The predicted molar refractivity (Wildman–Crippen MR) is 80.1 cm³/mol. The lowest BCUT2D eigenvalue weighted by Crippen LogP contribution is -2.54. The van der Waals surface area contributed by atoms with Crippen LogP contribution in [-0.4, -0.2) is 24.6 Å². The van der Waals surface area contributed by atoms with Crippen molar-refractivity contribution >= 4 is 21.8 Å². The van der Waals surface area contributed by atoms with Crippen molar-refractivity contribution in [3.05, 3.63) is 28.7 Å². The van der Waals surface area contributed by atoms with Crippen molar-refractivity contribution < 1.29 is 9.53 Å². The van der Waals surface area contributed by atoms with Gasteiger partial charge in [-0.1, -0.05) is 35.8 Å². The Morgan fingerprint density at radius 3 is 2.63 bits per heavy atom. The zero-order valence-electron chi connectivity index (χ0n) is 11.4. The van der Waals surface area contributed by atoms with Crippen LogP contribution in [0.2, 0.25) is 0 Å². The van der Waals surface area contributed by atoms with Gasteiger partial charge in [0.2, 0.25) is 0 Å². The smallest absolute Gasteiger partial charge is 0.258 e. The van der Waals surface area contributed by atoms with Crippen molar-refractivity contribution in [3.63, 3.8) is 0 Å². The standard InChI is InChI=1S/C14H21BrN2O2/c1-3-14(4-2,10-16)17-13(18)9-19-12-7-5-6-11(15)8-12/h5-8H,3-4,9-10,16H2,1-2H3,(H,17,18). The van der Waals surface area contributed by atoms with Crippen molar-refractivity contribution in [1.82, 2.24) is 5.32 Å². The molecule has 0 bridgehead atoms. The molecule has 0 saturated heterocycles. The Kier molecular flexibility index (Phi) is 6.31. The number of halogens is 1. The first-order valence-electron chi connectivity index (χ1n) is 6.44. The summed E-state index contributed by atoms with van der Waals surface area (Å²) in [7, 11) is 0. The highest BCUT2D eigenvalue weighted by molar-refractivity contribution is 9.10. The van der Waals surface area contributed by atoms with E-state index in [1.54, 1.807) is 0 Å². The maximum Gasteiger partial charge on any atom is 0.258 e. The highest BCUT2D eigenvalue weighted by Crippen LogP contribution is 2.18. The summed E-state index contributed by atoms with van der Waals surface area (Å²) in [6, 6.07) is 7.40. The zero-order valence-corrected chi connectivity index (χ0v) is 13.0. The average Bonchev–Trinajstić information content (AvgIpc) is 2.43. The van der Waals surface area contributed by atoms with Crippen molar-refractivity contribution in [2.75, 3.05) is 13.2 Å². The normalized spacial score (nSPS) is 11.2. The second-order valence-electron chi connectivity index (χ2n) is 4.49. The van der Waals surface area contributed by atoms with E-state index in [-0.39, 0.29) is 18.1 Å². The van der Waals surface area contributed by atoms with Crippen LogP contribution in [0.4, 0.5) is 0 Å². The van der Waals surface area contributed by atoms with Crippen molar-refractivity contribution in [2.24, 2.45) is 5.73 Å². The van der Waals surface area contributed by atoms with E-state index < -0.39 is 0 Å². The molecular formula is C14H21BrN2O2. The summed E-state index contributed by atoms with van der Waals surface area (Å²) in [6.45, 7) is 4.47. The fourth-order valence-corrected chi connectivity index (χ4v) is 2.18. The zero-order chi connectivity index (χ0) is 14.3. The molecule has 0 unspecified atom stereocenters. The number of hydrogen-bond donors (Lipinski definition) is 2. The van der Waals surface area contributed by atoms with E-state index in [0.717, 1.165) is 17.3 Å². The molecule has 0 radical (unpaired) electrons. The number of benzene rings is 1. The first-order valence-corrected chi connectivity index (χ1v) is 7.24. The molecule has 0 aliphatic heterocycles. The Hall–Kier alpha value is -1.07. The van der Waals surface area contributed by atoms with Crippen molar-refractivity contribution in [3.8, 4) is 5.75 Å². The maximum atomic E-state index is 11.9. The van der Waals surface area contributed by atoms with Crippen molar-refractivity contribution in [1.29, 1.82) is 0 Å². The maximum absolute atomic E-state index is 11.9. The number of nitrogens with one attached hydrogen (secondary N) is 1. The molecule has 5 heteroatoms. The van der Waals surface area contributed by atoms with Gasteiger partial charge in [-0.25, -0.2) is 0 Å². The van der Waals surface area contributed by atoms with Gasteiger partial charge in [-0.05, 0) is 31.0 Å². The first kappa shape index (κ1) is 16.0. The summed E-state index contributed by atoms with van der Waals surface area (Å²) in [5.41, 5.74) is 5.42. The lowest BCUT2D eigenvalue weighted by Gasteiger charge is -2.31. The molecule has 0 fully saturated rings. The summed E-state index contributed by atoms with van der Waals surface area (Å²) in [5.74, 6) is 0.519. The van der Waals surface area contributed by atoms with Gasteiger partial charge in [0.1, 0.15) is 5.75 Å². The lowest BCUT2D eigenvalue weighted by atomic mass is 9.93. The number of hydrogen-bond acceptors (Lipinski definition) is 3. The van der Waals surface area contributed by atoms with Crippen LogP contribution in [0, 0.1) is 0 Å². The molecular weight excluding hydrogens is 308 g/mol. The third-order valence-corrected chi connectivity index (χ3v) is 3.81. The number of nitrogens with two attached hydrogens (primary N) is 1. The van der Waals surface area contributed by atoms with E-state index in [0.29, 0.717) is 12.3 Å². The molecule has 1 aromatic carbocycles. The minimum atomic E-state index is -0.322. The Balaban J connectivity index is 2.52. The van der Waals surface area contributed by atoms with E-state index in [1.807, 2.05) is 38.1 Å². The first-order chi connectivity index (χ1) is 9.05. The molecule has 0 aliphatic rings. The Morgan fingerprint density at radius 1 is 1.42 bits per heavy atom. The van der Waals surface area contributed by atoms with E-state index in [2.05, 4.69) is 21.2 Å². The number of carbonyl (C=O) groups is 1. The highest BCUT2D eigenvalue weighted by Gasteiger charge is 2.26. The van der Waals surface area contributed by atoms with Gasteiger partial charge in [0.25, 0.3) is 5.91 Å².